The van der Waals surface area contributed by atoms with Crippen molar-refractivity contribution in [3.05, 3.63) is 29.6 Å². The van der Waals surface area contributed by atoms with Crippen molar-refractivity contribution >= 4 is 21.7 Å². The van der Waals surface area contributed by atoms with E-state index in [1.54, 1.807) is 0 Å². The van der Waals surface area contributed by atoms with Crippen LogP contribution < -0.4 is 5.32 Å². The molecule has 2 N–H and O–H groups in total. The Kier molecular flexibility index (Phi) is 4.38. The average Bonchev–Trinajstić information content (AvgIpc) is 2.24. The van der Waals surface area contributed by atoms with Gasteiger partial charge in [0.25, 0.3) is 0 Å². The van der Waals surface area contributed by atoms with Gasteiger partial charge in [-0.2, -0.15) is 0 Å². The van der Waals surface area contributed by atoms with Crippen molar-refractivity contribution in [1.29, 1.82) is 0 Å². The van der Waals surface area contributed by atoms with Crippen molar-refractivity contribution in [2.45, 2.75) is 6.54 Å². The molecule has 0 aromatic carbocycles. The van der Waals surface area contributed by atoms with Crippen LogP contribution in [0.15, 0.2) is 18.3 Å². The number of aromatic carboxylic acids is 1. The van der Waals surface area contributed by atoms with Gasteiger partial charge in [0.2, 0.25) is 5.91 Å². The van der Waals surface area contributed by atoms with Crippen LogP contribution in [-0.2, 0) is 21.2 Å². The first-order chi connectivity index (χ1) is 8.28. The predicted octanol–water partition coefficient (Wildman–Crippen LogP) is -0.559. The number of carboxylic acid groups (broad SMARTS) is 1. The minimum absolute atomic E-state index is 0.0184. The lowest BCUT2D eigenvalue weighted by Crippen LogP contribution is -2.29. The Balaban J connectivity index is 2.61. The van der Waals surface area contributed by atoms with Crippen LogP contribution >= 0.6 is 0 Å². The summed E-state index contributed by atoms with van der Waals surface area (Å²) in [6.45, 7) is -0.0184. The second kappa shape index (κ2) is 5.58. The van der Waals surface area contributed by atoms with E-state index in [2.05, 4.69) is 10.3 Å². The first kappa shape index (κ1) is 14.1. The van der Waals surface area contributed by atoms with Crippen LogP contribution in [0.25, 0.3) is 0 Å². The Morgan fingerprint density at radius 3 is 2.67 bits per heavy atom. The van der Waals surface area contributed by atoms with E-state index in [0.29, 0.717) is 5.69 Å². The van der Waals surface area contributed by atoms with Gasteiger partial charge < -0.3 is 10.4 Å². The Bertz CT molecular complexity index is 567. The molecular weight excluding hydrogens is 260 g/mol. The second-order valence-electron chi connectivity index (χ2n) is 3.69. The number of hydrogen-bond donors (Lipinski definition) is 2. The summed E-state index contributed by atoms with van der Waals surface area (Å²) in [5.74, 6) is -2.35. The molecule has 0 radical (unpaired) electrons. The van der Waals surface area contributed by atoms with E-state index in [4.69, 9.17) is 5.11 Å². The van der Waals surface area contributed by atoms with Crippen LogP contribution in [0.1, 0.15) is 16.1 Å². The smallest absolute Gasteiger partial charge is 0.335 e. The van der Waals surface area contributed by atoms with Gasteiger partial charge in [0.15, 0.2) is 9.84 Å². The maximum absolute atomic E-state index is 11.2. The van der Waals surface area contributed by atoms with Crippen LogP contribution in [0, 0.1) is 0 Å². The van der Waals surface area contributed by atoms with Crippen LogP contribution in [0.3, 0.4) is 0 Å². The van der Waals surface area contributed by atoms with Crippen molar-refractivity contribution in [2.24, 2.45) is 0 Å². The number of aromatic nitrogens is 1. The third-order valence-corrected chi connectivity index (χ3v) is 2.71. The number of pyridine rings is 1. The summed E-state index contributed by atoms with van der Waals surface area (Å²) in [5, 5.41) is 11.1. The summed E-state index contributed by atoms with van der Waals surface area (Å²) in [6.07, 6.45) is 2.26. The summed E-state index contributed by atoms with van der Waals surface area (Å²) in [6, 6.07) is 2.63. The number of sulfone groups is 1. The third-order valence-electron chi connectivity index (χ3n) is 1.92. The number of rotatable bonds is 5. The lowest BCUT2D eigenvalue weighted by atomic mass is 10.2. The number of carbonyl (C=O) groups is 2. The highest BCUT2D eigenvalue weighted by Gasteiger charge is 2.11. The second-order valence-corrected chi connectivity index (χ2v) is 5.83. The summed E-state index contributed by atoms with van der Waals surface area (Å²) in [5.41, 5.74) is 0.397. The Hall–Kier alpha value is -1.96. The van der Waals surface area contributed by atoms with Gasteiger partial charge in [-0.15, -0.1) is 0 Å². The standard InChI is InChI=1S/C10H12N2O5S/c1-18(16,17)6-9(13)12-5-8-4-7(10(14)15)2-3-11-8/h2-4H,5-6H2,1H3,(H,12,13)(H,14,15). The molecule has 0 saturated carbocycles. The van der Waals surface area contributed by atoms with Gasteiger partial charge in [-0.3, -0.25) is 9.78 Å². The zero-order valence-electron chi connectivity index (χ0n) is 9.58. The normalized spacial score (nSPS) is 10.9. The maximum atomic E-state index is 11.2. The molecule has 0 fully saturated rings. The number of nitrogens with zero attached hydrogens (tertiary/aromatic N) is 1. The summed E-state index contributed by atoms with van der Waals surface area (Å²) >= 11 is 0. The van der Waals surface area contributed by atoms with Crippen LogP contribution in [-0.4, -0.2) is 42.4 Å². The van der Waals surface area contributed by atoms with E-state index in [1.807, 2.05) is 0 Å². The van der Waals surface area contributed by atoms with Crippen LogP contribution in [0.4, 0.5) is 0 Å². The number of carbonyl (C=O) groups excluding carboxylic acids is 1. The van der Waals surface area contributed by atoms with Crippen molar-refractivity contribution in [1.82, 2.24) is 10.3 Å². The van der Waals surface area contributed by atoms with E-state index in [-0.39, 0.29) is 12.1 Å². The van der Waals surface area contributed by atoms with Gasteiger partial charge in [-0.25, -0.2) is 13.2 Å². The molecule has 1 amide bonds. The van der Waals surface area contributed by atoms with E-state index in [0.717, 1.165) is 6.26 Å². The van der Waals surface area contributed by atoms with Gasteiger partial charge in [0.05, 0.1) is 17.8 Å². The molecule has 7 nitrogen and oxygen atoms in total. The van der Waals surface area contributed by atoms with Gasteiger partial charge in [-0.05, 0) is 12.1 Å². The molecule has 1 aromatic rings. The predicted molar refractivity (Wildman–Crippen MR) is 62.8 cm³/mol. The molecule has 0 unspecified atom stereocenters. The quantitative estimate of drug-likeness (QED) is 0.742. The first-order valence-corrected chi connectivity index (χ1v) is 6.96. The fourth-order valence-corrected chi connectivity index (χ4v) is 1.76. The summed E-state index contributed by atoms with van der Waals surface area (Å²) in [7, 11) is -3.38. The molecule has 98 valence electrons. The summed E-state index contributed by atoms with van der Waals surface area (Å²) in [4.78, 5) is 25.8. The number of nitrogens with one attached hydrogen (secondary N) is 1. The van der Waals surface area contributed by atoms with Crippen LogP contribution in [0.5, 0.6) is 0 Å². The summed E-state index contributed by atoms with van der Waals surface area (Å²) < 4.78 is 21.7. The van der Waals surface area contributed by atoms with Crippen molar-refractivity contribution < 1.29 is 23.1 Å². The molecule has 0 aliphatic heterocycles. The highest BCUT2D eigenvalue weighted by Crippen LogP contribution is 2.01. The SMILES string of the molecule is CS(=O)(=O)CC(=O)NCc1cc(C(=O)O)ccn1. The Morgan fingerprint density at radius 2 is 2.11 bits per heavy atom. The third kappa shape index (κ3) is 4.91. The fraction of sp³-hybridized carbons (Fsp3) is 0.300. The molecule has 0 saturated heterocycles. The molecule has 0 spiro atoms. The van der Waals surface area contributed by atoms with E-state index in [9.17, 15) is 18.0 Å². The lowest BCUT2D eigenvalue weighted by Gasteiger charge is -2.04. The van der Waals surface area contributed by atoms with Gasteiger partial charge in [0, 0.05) is 12.5 Å². The van der Waals surface area contributed by atoms with Crippen LogP contribution in [0.2, 0.25) is 0 Å². The minimum Gasteiger partial charge on any atom is -0.478 e. The fourth-order valence-electron chi connectivity index (χ4n) is 1.19. The molecule has 0 aliphatic carbocycles. The molecule has 0 atom stereocenters. The minimum atomic E-state index is -3.38. The number of carboxylic acids is 1. The lowest BCUT2D eigenvalue weighted by molar-refractivity contribution is -0.118. The zero-order chi connectivity index (χ0) is 13.8. The molecule has 1 aromatic heterocycles. The van der Waals surface area contributed by atoms with Crippen molar-refractivity contribution in [2.75, 3.05) is 12.0 Å². The topological polar surface area (TPSA) is 113 Å². The van der Waals surface area contributed by atoms with Crippen molar-refractivity contribution in [3.63, 3.8) is 0 Å². The molecule has 18 heavy (non-hydrogen) atoms. The molecule has 0 aliphatic rings. The molecular formula is C10H12N2O5S. The number of amides is 1. The first-order valence-electron chi connectivity index (χ1n) is 4.90. The molecule has 1 rings (SSSR count). The molecule has 0 bridgehead atoms. The zero-order valence-corrected chi connectivity index (χ0v) is 10.4. The van der Waals surface area contributed by atoms with E-state index < -0.39 is 27.5 Å². The maximum Gasteiger partial charge on any atom is 0.335 e. The monoisotopic (exact) mass is 272 g/mol. The Labute approximate surface area is 104 Å². The molecule has 8 heteroatoms. The van der Waals surface area contributed by atoms with Gasteiger partial charge >= 0.3 is 5.97 Å². The van der Waals surface area contributed by atoms with Gasteiger partial charge in [0.1, 0.15) is 5.75 Å². The number of hydrogen-bond acceptors (Lipinski definition) is 5. The highest BCUT2D eigenvalue weighted by atomic mass is 32.2. The van der Waals surface area contributed by atoms with Gasteiger partial charge in [-0.1, -0.05) is 0 Å². The van der Waals surface area contributed by atoms with E-state index >= 15 is 0 Å². The van der Waals surface area contributed by atoms with E-state index in [1.165, 1.54) is 18.3 Å². The highest BCUT2D eigenvalue weighted by molar-refractivity contribution is 7.91. The largest absolute Gasteiger partial charge is 0.478 e. The molecule has 1 heterocycles. The van der Waals surface area contributed by atoms with Crippen molar-refractivity contribution in [3.8, 4) is 0 Å². The average molecular weight is 272 g/mol. The Morgan fingerprint density at radius 1 is 1.44 bits per heavy atom.